The number of carbonyl (C=O) groups excluding carboxylic acids is 1. The number of hydrogen-bond acceptors (Lipinski definition) is 5. The van der Waals surface area contributed by atoms with Crippen molar-refractivity contribution in [1.29, 1.82) is 0 Å². The molecular formula is C20H16N4O2. The van der Waals surface area contributed by atoms with Crippen LogP contribution in [0.5, 0.6) is 0 Å². The van der Waals surface area contributed by atoms with Crippen LogP contribution < -0.4 is 5.32 Å². The van der Waals surface area contributed by atoms with Crippen molar-refractivity contribution in [3.05, 3.63) is 90.2 Å². The van der Waals surface area contributed by atoms with Gasteiger partial charge in [-0.25, -0.2) is 0 Å². The monoisotopic (exact) mass is 344 g/mol. The zero-order chi connectivity index (χ0) is 17.8. The van der Waals surface area contributed by atoms with Gasteiger partial charge in [0.05, 0.1) is 6.26 Å². The molecule has 0 aliphatic heterocycles. The molecule has 0 saturated heterocycles. The normalized spacial score (nSPS) is 10.6. The highest BCUT2D eigenvalue weighted by Gasteiger charge is 2.19. The second-order valence-electron chi connectivity index (χ2n) is 5.66. The first kappa shape index (κ1) is 15.8. The SMILES string of the molecule is O=C(c1ccccc1)n1nc(-c2ccco2)nc1NCc1ccccc1. The smallest absolute Gasteiger partial charge is 0.281 e. The average molecular weight is 344 g/mol. The maximum absolute atomic E-state index is 12.9. The van der Waals surface area contributed by atoms with Crippen LogP contribution in [0, 0.1) is 0 Å². The van der Waals surface area contributed by atoms with Crippen molar-refractivity contribution in [2.75, 3.05) is 5.32 Å². The molecule has 0 aliphatic carbocycles. The molecule has 1 N–H and O–H groups in total. The van der Waals surface area contributed by atoms with Crippen molar-refractivity contribution >= 4 is 11.9 Å². The van der Waals surface area contributed by atoms with Crippen molar-refractivity contribution in [2.24, 2.45) is 0 Å². The van der Waals surface area contributed by atoms with Gasteiger partial charge >= 0.3 is 0 Å². The Hall–Kier alpha value is -3.67. The molecule has 0 saturated carbocycles. The molecule has 6 nitrogen and oxygen atoms in total. The summed E-state index contributed by atoms with van der Waals surface area (Å²) in [5, 5.41) is 7.53. The molecule has 0 fully saturated rings. The van der Waals surface area contributed by atoms with Crippen LogP contribution in [0.4, 0.5) is 5.95 Å². The molecule has 2 aromatic carbocycles. The Balaban J connectivity index is 1.67. The number of rotatable bonds is 5. The second kappa shape index (κ2) is 7.06. The van der Waals surface area contributed by atoms with Crippen molar-refractivity contribution < 1.29 is 9.21 Å². The van der Waals surface area contributed by atoms with Gasteiger partial charge in [0.1, 0.15) is 0 Å². The van der Waals surface area contributed by atoms with Crippen molar-refractivity contribution in [1.82, 2.24) is 14.8 Å². The van der Waals surface area contributed by atoms with Crippen molar-refractivity contribution in [2.45, 2.75) is 6.54 Å². The first-order chi connectivity index (χ1) is 12.8. The molecule has 0 unspecified atom stereocenters. The topological polar surface area (TPSA) is 73.0 Å². The molecule has 0 aliphatic rings. The van der Waals surface area contributed by atoms with Gasteiger partial charge < -0.3 is 9.73 Å². The Morgan fingerprint density at radius 3 is 2.38 bits per heavy atom. The molecule has 2 heterocycles. The molecule has 128 valence electrons. The van der Waals surface area contributed by atoms with E-state index < -0.39 is 0 Å². The summed E-state index contributed by atoms with van der Waals surface area (Å²) >= 11 is 0. The first-order valence-electron chi connectivity index (χ1n) is 8.20. The average Bonchev–Trinajstić information content (AvgIpc) is 3.37. The zero-order valence-electron chi connectivity index (χ0n) is 13.9. The summed E-state index contributed by atoms with van der Waals surface area (Å²) in [6.45, 7) is 0.527. The van der Waals surface area contributed by atoms with Gasteiger partial charge in [0.25, 0.3) is 5.91 Å². The molecule has 6 heteroatoms. The molecule has 0 amide bonds. The summed E-state index contributed by atoms with van der Waals surface area (Å²) in [5.41, 5.74) is 1.61. The number of hydrogen-bond donors (Lipinski definition) is 1. The van der Waals surface area contributed by atoms with E-state index in [9.17, 15) is 4.79 Å². The number of anilines is 1. The van der Waals surface area contributed by atoms with E-state index in [1.807, 2.05) is 48.5 Å². The van der Waals surface area contributed by atoms with Gasteiger partial charge in [-0.05, 0) is 29.8 Å². The number of nitrogens with zero attached hydrogens (tertiary/aromatic N) is 3. The molecular weight excluding hydrogens is 328 g/mol. The quantitative estimate of drug-likeness (QED) is 0.595. The lowest BCUT2D eigenvalue weighted by atomic mass is 10.2. The first-order valence-corrected chi connectivity index (χ1v) is 8.20. The second-order valence-corrected chi connectivity index (χ2v) is 5.66. The van der Waals surface area contributed by atoms with E-state index >= 15 is 0 Å². The largest absolute Gasteiger partial charge is 0.461 e. The van der Waals surface area contributed by atoms with Crippen LogP contribution in [0.1, 0.15) is 15.9 Å². The number of carbonyl (C=O) groups is 1. The standard InChI is InChI=1S/C20H16N4O2/c25-19(16-10-5-2-6-11-16)24-20(21-14-15-8-3-1-4-9-15)22-18(23-24)17-12-7-13-26-17/h1-13H,14H2,(H,21,22,23). The predicted octanol–water partition coefficient (Wildman–Crippen LogP) is 3.84. The van der Waals surface area contributed by atoms with E-state index in [0.29, 0.717) is 29.6 Å². The Kier molecular flexibility index (Phi) is 4.30. The molecule has 0 radical (unpaired) electrons. The van der Waals surface area contributed by atoms with Crippen molar-refractivity contribution in [3.63, 3.8) is 0 Å². The Labute approximate surface area is 150 Å². The number of aromatic nitrogens is 3. The van der Waals surface area contributed by atoms with Crippen molar-refractivity contribution in [3.8, 4) is 11.6 Å². The van der Waals surface area contributed by atoms with Gasteiger partial charge in [-0.15, -0.1) is 5.10 Å². The van der Waals surface area contributed by atoms with Crippen LogP contribution in [0.2, 0.25) is 0 Å². The van der Waals surface area contributed by atoms with E-state index in [-0.39, 0.29) is 5.91 Å². The molecule has 26 heavy (non-hydrogen) atoms. The third-order valence-corrected chi connectivity index (χ3v) is 3.86. The zero-order valence-corrected chi connectivity index (χ0v) is 13.9. The highest BCUT2D eigenvalue weighted by molar-refractivity contribution is 5.97. The number of furan rings is 1. The third-order valence-electron chi connectivity index (χ3n) is 3.86. The molecule has 0 atom stereocenters. The van der Waals surface area contributed by atoms with Crippen LogP contribution in [-0.4, -0.2) is 20.7 Å². The van der Waals surface area contributed by atoms with Crippen LogP contribution in [-0.2, 0) is 6.54 Å². The summed E-state index contributed by atoms with van der Waals surface area (Å²) in [6.07, 6.45) is 1.55. The maximum atomic E-state index is 12.9. The highest BCUT2D eigenvalue weighted by Crippen LogP contribution is 2.19. The van der Waals surface area contributed by atoms with E-state index in [1.54, 1.807) is 30.5 Å². The lowest BCUT2D eigenvalue weighted by Crippen LogP contribution is -2.17. The van der Waals surface area contributed by atoms with E-state index in [0.717, 1.165) is 5.56 Å². The summed E-state index contributed by atoms with van der Waals surface area (Å²) in [7, 11) is 0. The van der Waals surface area contributed by atoms with Crippen LogP contribution >= 0.6 is 0 Å². The van der Waals surface area contributed by atoms with Crippen LogP contribution in [0.3, 0.4) is 0 Å². The van der Waals surface area contributed by atoms with E-state index in [1.165, 1.54) is 4.68 Å². The van der Waals surface area contributed by atoms with Crippen LogP contribution in [0.25, 0.3) is 11.6 Å². The van der Waals surface area contributed by atoms with Gasteiger partial charge in [-0.1, -0.05) is 48.5 Å². The predicted molar refractivity (Wildman–Crippen MR) is 97.7 cm³/mol. The van der Waals surface area contributed by atoms with E-state index in [4.69, 9.17) is 4.42 Å². The fraction of sp³-hybridized carbons (Fsp3) is 0.0500. The van der Waals surface area contributed by atoms with Gasteiger partial charge in [-0.3, -0.25) is 4.79 Å². The number of benzene rings is 2. The van der Waals surface area contributed by atoms with Gasteiger partial charge in [-0.2, -0.15) is 9.67 Å². The Morgan fingerprint density at radius 1 is 0.962 bits per heavy atom. The Bertz CT molecular complexity index is 993. The molecule has 4 rings (SSSR count). The summed E-state index contributed by atoms with van der Waals surface area (Å²) in [4.78, 5) is 17.3. The third kappa shape index (κ3) is 3.25. The van der Waals surface area contributed by atoms with Gasteiger partial charge in [0.15, 0.2) is 5.76 Å². The maximum Gasteiger partial charge on any atom is 0.281 e. The lowest BCUT2D eigenvalue weighted by molar-refractivity contribution is 0.0947. The lowest BCUT2D eigenvalue weighted by Gasteiger charge is -2.07. The molecule has 0 bridgehead atoms. The minimum Gasteiger partial charge on any atom is -0.461 e. The fourth-order valence-electron chi connectivity index (χ4n) is 2.56. The Morgan fingerprint density at radius 2 is 1.69 bits per heavy atom. The summed E-state index contributed by atoms with van der Waals surface area (Å²) < 4.78 is 6.63. The molecule has 4 aromatic rings. The minimum atomic E-state index is -0.258. The summed E-state index contributed by atoms with van der Waals surface area (Å²) in [5.74, 6) is 0.975. The molecule has 0 spiro atoms. The molecule has 2 aromatic heterocycles. The van der Waals surface area contributed by atoms with Crippen LogP contribution in [0.15, 0.2) is 83.5 Å². The van der Waals surface area contributed by atoms with E-state index in [2.05, 4.69) is 15.4 Å². The number of nitrogens with one attached hydrogen (secondary N) is 1. The minimum absolute atomic E-state index is 0.258. The fourth-order valence-corrected chi connectivity index (χ4v) is 2.56. The van der Waals surface area contributed by atoms with Gasteiger partial charge in [0.2, 0.25) is 11.8 Å². The van der Waals surface area contributed by atoms with Gasteiger partial charge in [0, 0.05) is 12.1 Å². The highest BCUT2D eigenvalue weighted by atomic mass is 16.3. The summed E-state index contributed by atoms with van der Waals surface area (Å²) in [6, 6.07) is 22.4.